The fourth-order valence-corrected chi connectivity index (χ4v) is 6.72. The van der Waals surface area contributed by atoms with E-state index in [0.29, 0.717) is 32.2 Å². The van der Waals surface area contributed by atoms with Crippen LogP contribution in [-0.4, -0.2) is 80.4 Å². The van der Waals surface area contributed by atoms with Crippen LogP contribution in [0.15, 0.2) is 24.3 Å². The lowest BCUT2D eigenvalue weighted by atomic mass is 9.82. The largest absolute Gasteiger partial charge is 0.487 e. The minimum Gasteiger partial charge on any atom is -0.487 e. The highest BCUT2D eigenvalue weighted by Crippen LogP contribution is 2.44. The number of hydrogen-bond donors (Lipinski definition) is 1. The number of nitrogens with zero attached hydrogens (tertiary/aromatic N) is 2. The Hall–Kier alpha value is -2.13. The molecule has 1 aromatic rings. The summed E-state index contributed by atoms with van der Waals surface area (Å²) in [5.41, 5.74) is 0.453. The van der Waals surface area contributed by atoms with E-state index in [0.717, 1.165) is 17.7 Å². The van der Waals surface area contributed by atoms with Crippen LogP contribution in [0.1, 0.15) is 43.7 Å². The Morgan fingerprint density at radius 1 is 1.32 bits per heavy atom. The molecular weight excluding hydrogens is 418 g/mol. The Morgan fingerprint density at radius 3 is 2.84 bits per heavy atom. The summed E-state index contributed by atoms with van der Waals surface area (Å²) in [5.74, 6) is 1.04. The summed E-state index contributed by atoms with van der Waals surface area (Å²) in [4.78, 5) is 28.7. The van der Waals surface area contributed by atoms with Crippen LogP contribution in [0.3, 0.4) is 0 Å². The van der Waals surface area contributed by atoms with Crippen molar-refractivity contribution in [3.8, 4) is 5.75 Å². The van der Waals surface area contributed by atoms with E-state index in [2.05, 4.69) is 5.32 Å². The van der Waals surface area contributed by atoms with Gasteiger partial charge >= 0.3 is 0 Å². The summed E-state index contributed by atoms with van der Waals surface area (Å²) in [6.07, 6.45) is 2.94. The van der Waals surface area contributed by atoms with Crippen LogP contribution in [0.2, 0.25) is 0 Å². The zero-order valence-corrected chi connectivity index (χ0v) is 19.0. The molecule has 3 aliphatic heterocycles. The van der Waals surface area contributed by atoms with Crippen LogP contribution in [0.25, 0.3) is 0 Å². The van der Waals surface area contributed by atoms with Crippen molar-refractivity contribution in [1.29, 1.82) is 0 Å². The molecule has 170 valence electrons. The van der Waals surface area contributed by atoms with E-state index >= 15 is 0 Å². The molecule has 8 nitrogen and oxygen atoms in total. The summed E-state index contributed by atoms with van der Waals surface area (Å²) in [6.45, 7) is 0.772. The van der Waals surface area contributed by atoms with Gasteiger partial charge < -0.3 is 15.0 Å². The van der Waals surface area contributed by atoms with Gasteiger partial charge in [0.1, 0.15) is 11.4 Å². The summed E-state index contributed by atoms with van der Waals surface area (Å²) < 4.78 is 30.0. The molecule has 0 saturated carbocycles. The monoisotopic (exact) mass is 449 g/mol. The lowest BCUT2D eigenvalue weighted by molar-refractivity contribution is -0.129. The van der Waals surface area contributed by atoms with Crippen LogP contribution in [-0.2, 0) is 19.4 Å². The Labute approximate surface area is 183 Å². The van der Waals surface area contributed by atoms with Crippen molar-refractivity contribution < 1.29 is 22.7 Å². The normalized spacial score (nSPS) is 30.0. The van der Waals surface area contributed by atoms with Gasteiger partial charge in [-0.2, -0.15) is 0 Å². The average Bonchev–Trinajstić information content (AvgIpc) is 3.04. The van der Waals surface area contributed by atoms with Crippen molar-refractivity contribution in [3.05, 3.63) is 29.8 Å². The number of ether oxygens (including phenoxy) is 1. The second-order valence-corrected chi connectivity index (χ2v) is 11.4. The zero-order chi connectivity index (χ0) is 22.2. The number of amides is 2. The molecule has 3 aliphatic rings. The number of likely N-dealkylation sites (N-methyl/N-ethyl adjacent to an activating group) is 1. The second-order valence-electron chi connectivity index (χ2n) is 9.18. The molecule has 3 atom stereocenters. The lowest BCUT2D eigenvalue weighted by Crippen LogP contribution is -2.48. The van der Waals surface area contributed by atoms with Gasteiger partial charge in [0.15, 0.2) is 9.84 Å². The number of rotatable bonds is 4. The van der Waals surface area contributed by atoms with Crippen LogP contribution >= 0.6 is 0 Å². The van der Waals surface area contributed by atoms with Crippen molar-refractivity contribution in [2.75, 3.05) is 38.7 Å². The number of sulfone groups is 1. The molecule has 3 heterocycles. The van der Waals surface area contributed by atoms with Crippen LogP contribution in [0, 0.1) is 0 Å². The molecule has 2 saturated heterocycles. The van der Waals surface area contributed by atoms with Gasteiger partial charge in [0, 0.05) is 44.5 Å². The molecule has 0 bridgehead atoms. The summed E-state index contributed by atoms with van der Waals surface area (Å²) >= 11 is 0. The number of para-hydroxylation sites is 1. The zero-order valence-electron chi connectivity index (χ0n) is 18.2. The number of benzene rings is 1. The van der Waals surface area contributed by atoms with E-state index < -0.39 is 15.4 Å². The van der Waals surface area contributed by atoms with Crippen molar-refractivity contribution in [3.63, 3.8) is 0 Å². The third-order valence-electron chi connectivity index (χ3n) is 6.88. The fourth-order valence-electron chi connectivity index (χ4n) is 4.92. The smallest absolute Gasteiger partial charge is 0.234 e. The molecule has 0 aromatic heterocycles. The number of hydrogen-bond acceptors (Lipinski definition) is 6. The van der Waals surface area contributed by atoms with Gasteiger partial charge in [-0.15, -0.1) is 0 Å². The molecule has 4 rings (SSSR count). The quantitative estimate of drug-likeness (QED) is 0.740. The minimum atomic E-state index is -3.00. The van der Waals surface area contributed by atoms with Crippen LogP contribution < -0.4 is 10.1 Å². The molecule has 3 unspecified atom stereocenters. The van der Waals surface area contributed by atoms with Gasteiger partial charge in [-0.05, 0) is 26.0 Å². The van der Waals surface area contributed by atoms with E-state index in [1.807, 2.05) is 36.2 Å². The molecule has 9 heteroatoms. The Kier molecular flexibility index (Phi) is 6.00. The predicted molar refractivity (Wildman–Crippen MR) is 116 cm³/mol. The first-order valence-electron chi connectivity index (χ1n) is 10.9. The summed E-state index contributed by atoms with van der Waals surface area (Å²) in [5, 5.41) is 3.16. The highest BCUT2D eigenvalue weighted by Gasteiger charge is 2.43. The molecule has 1 aromatic carbocycles. The maximum atomic E-state index is 12.9. The predicted octanol–water partition coefficient (Wildman–Crippen LogP) is 1.13. The minimum absolute atomic E-state index is 0.113. The number of nitrogens with one attached hydrogen (secondary N) is 1. The molecule has 1 N–H and O–H groups in total. The van der Waals surface area contributed by atoms with Crippen molar-refractivity contribution in [1.82, 2.24) is 15.1 Å². The maximum absolute atomic E-state index is 12.9. The van der Waals surface area contributed by atoms with Gasteiger partial charge in [-0.1, -0.05) is 18.2 Å². The van der Waals surface area contributed by atoms with Crippen molar-refractivity contribution >= 4 is 21.7 Å². The Bertz CT molecular complexity index is 966. The van der Waals surface area contributed by atoms with Gasteiger partial charge in [-0.25, -0.2) is 8.42 Å². The number of likely N-dealkylation sites (tertiary alicyclic amines) is 1. The summed E-state index contributed by atoms with van der Waals surface area (Å²) in [6, 6.07) is 7.40. The van der Waals surface area contributed by atoms with E-state index in [9.17, 15) is 18.0 Å². The molecule has 1 spiro atoms. The topological polar surface area (TPSA) is 96.0 Å². The first-order valence-corrected chi connectivity index (χ1v) is 12.7. The molecule has 2 fully saturated rings. The third kappa shape index (κ3) is 4.87. The molecule has 0 aliphatic carbocycles. The highest BCUT2D eigenvalue weighted by molar-refractivity contribution is 7.91. The van der Waals surface area contributed by atoms with Crippen molar-refractivity contribution in [2.45, 2.75) is 49.8 Å². The number of fused-ring (bicyclic) bond motifs is 1. The Balaban J connectivity index is 1.47. The van der Waals surface area contributed by atoms with Gasteiger partial charge in [0.2, 0.25) is 11.8 Å². The summed E-state index contributed by atoms with van der Waals surface area (Å²) in [7, 11) is 0.623. The van der Waals surface area contributed by atoms with E-state index in [-0.39, 0.29) is 41.9 Å². The second kappa shape index (κ2) is 8.43. The highest BCUT2D eigenvalue weighted by atomic mass is 32.2. The van der Waals surface area contributed by atoms with Crippen LogP contribution in [0.4, 0.5) is 0 Å². The van der Waals surface area contributed by atoms with Crippen molar-refractivity contribution in [2.24, 2.45) is 0 Å². The first kappa shape index (κ1) is 22.1. The SMILES string of the molecule is CN1CCC2(CCC1=O)CC(NC(=O)CN(C)C1CCS(=O)(=O)C1)c1ccccc1O2. The maximum Gasteiger partial charge on any atom is 0.234 e. The number of carbonyl (C=O) groups excluding carboxylic acids is 2. The molecule has 31 heavy (non-hydrogen) atoms. The van der Waals surface area contributed by atoms with Gasteiger partial charge in [0.05, 0.1) is 24.1 Å². The fraction of sp³-hybridized carbons (Fsp3) is 0.636. The molecule has 0 radical (unpaired) electrons. The third-order valence-corrected chi connectivity index (χ3v) is 8.63. The van der Waals surface area contributed by atoms with E-state index in [1.165, 1.54) is 0 Å². The Morgan fingerprint density at radius 2 is 2.10 bits per heavy atom. The molecular formula is C22H31N3O5S. The van der Waals surface area contributed by atoms with Crippen LogP contribution in [0.5, 0.6) is 5.75 Å². The average molecular weight is 450 g/mol. The van der Waals surface area contributed by atoms with Gasteiger partial charge in [0.25, 0.3) is 0 Å². The van der Waals surface area contributed by atoms with Gasteiger partial charge in [-0.3, -0.25) is 14.5 Å². The molecule has 2 amide bonds. The number of carbonyl (C=O) groups is 2. The lowest BCUT2D eigenvalue weighted by Gasteiger charge is -2.42. The first-order chi connectivity index (χ1) is 14.7. The van der Waals surface area contributed by atoms with E-state index in [4.69, 9.17) is 4.74 Å². The standard InChI is InChI=1S/C22H31N3O5S/c1-24-11-10-22(9-7-21(24)27)13-18(17-5-3-4-6-19(17)30-22)23-20(26)14-25(2)16-8-12-31(28,29)15-16/h3-6,16,18H,7-15H2,1-2H3,(H,23,26). The van der Waals surface area contributed by atoms with E-state index in [1.54, 1.807) is 11.9 Å².